The molecular weight excluding hydrogens is 276 g/mol. The molecule has 0 unspecified atom stereocenters. The van der Waals surface area contributed by atoms with Crippen molar-refractivity contribution in [1.82, 2.24) is 9.55 Å². The number of hydrogen-bond donors (Lipinski definition) is 2. The van der Waals surface area contributed by atoms with Crippen molar-refractivity contribution in [2.45, 2.75) is 51.0 Å². The van der Waals surface area contributed by atoms with Gasteiger partial charge in [-0.3, -0.25) is 0 Å². The Morgan fingerprint density at radius 2 is 1.77 bits per heavy atom. The average molecular weight is 300 g/mol. The summed E-state index contributed by atoms with van der Waals surface area (Å²) in [5, 5.41) is 19.0. The van der Waals surface area contributed by atoms with Gasteiger partial charge in [0.15, 0.2) is 0 Å². The Kier molecular flexibility index (Phi) is 4.78. The Hall–Kier alpha value is -1.81. The van der Waals surface area contributed by atoms with E-state index in [1.807, 2.05) is 16.7 Å². The van der Waals surface area contributed by atoms with Crippen molar-refractivity contribution in [1.29, 1.82) is 0 Å². The van der Waals surface area contributed by atoms with E-state index < -0.39 is 0 Å². The number of phenolic OH excluding ortho intramolecular Hbond substituents is 1. The van der Waals surface area contributed by atoms with Crippen molar-refractivity contribution in [2.75, 3.05) is 6.61 Å². The van der Waals surface area contributed by atoms with Gasteiger partial charge in [0.2, 0.25) is 0 Å². The number of rotatable bonds is 2. The van der Waals surface area contributed by atoms with E-state index in [0.717, 1.165) is 16.8 Å². The molecule has 1 atom stereocenters. The van der Waals surface area contributed by atoms with Crippen LogP contribution in [0, 0.1) is 0 Å². The van der Waals surface area contributed by atoms with Crippen molar-refractivity contribution in [3.8, 4) is 17.0 Å². The fourth-order valence-electron chi connectivity index (χ4n) is 3.49. The molecule has 0 bridgehead atoms. The van der Waals surface area contributed by atoms with Crippen molar-refractivity contribution in [3.63, 3.8) is 0 Å². The number of hydrogen-bond acceptors (Lipinski definition) is 3. The van der Waals surface area contributed by atoms with Gasteiger partial charge in [-0.25, -0.2) is 4.98 Å². The average Bonchev–Trinajstić information content (AvgIpc) is 3.14. The van der Waals surface area contributed by atoms with E-state index in [2.05, 4.69) is 4.98 Å². The van der Waals surface area contributed by atoms with Crippen LogP contribution in [0.4, 0.5) is 0 Å². The minimum atomic E-state index is -0.00120. The summed E-state index contributed by atoms with van der Waals surface area (Å²) in [6.45, 7) is 0.0933. The normalized spacial score (nSPS) is 19.0. The Bertz CT molecular complexity index is 606. The van der Waals surface area contributed by atoms with Gasteiger partial charge in [-0.05, 0) is 12.5 Å². The van der Waals surface area contributed by atoms with Crippen LogP contribution in [0.25, 0.3) is 11.3 Å². The molecule has 1 saturated carbocycles. The first-order valence-corrected chi connectivity index (χ1v) is 8.28. The molecule has 2 heterocycles. The van der Waals surface area contributed by atoms with Crippen molar-refractivity contribution in [3.05, 3.63) is 36.3 Å². The number of benzene rings is 1. The van der Waals surface area contributed by atoms with Crippen LogP contribution >= 0.6 is 0 Å². The number of imidazole rings is 1. The van der Waals surface area contributed by atoms with Crippen LogP contribution < -0.4 is 0 Å². The van der Waals surface area contributed by atoms with Gasteiger partial charge in [0.1, 0.15) is 5.75 Å². The zero-order valence-electron chi connectivity index (χ0n) is 12.9. The second-order valence-corrected chi connectivity index (χ2v) is 6.07. The number of nitrogens with zero attached hydrogens (tertiary/aromatic N) is 2. The second kappa shape index (κ2) is 6.97. The topological polar surface area (TPSA) is 58.3 Å². The molecule has 1 aliphatic carbocycles. The number of phenols is 1. The third-order valence-corrected chi connectivity index (χ3v) is 4.60. The molecule has 0 radical (unpaired) electrons. The zero-order valence-corrected chi connectivity index (χ0v) is 12.9. The lowest BCUT2D eigenvalue weighted by Crippen LogP contribution is -2.06. The molecule has 4 nitrogen and oxygen atoms in total. The molecular formula is C18H24N2O2. The van der Waals surface area contributed by atoms with Gasteiger partial charge in [-0.1, -0.05) is 50.7 Å². The molecule has 0 spiro atoms. The third kappa shape index (κ3) is 2.88. The highest BCUT2D eigenvalue weighted by molar-refractivity contribution is 5.72. The molecule has 22 heavy (non-hydrogen) atoms. The number of fused-ring (bicyclic) bond motifs is 3. The van der Waals surface area contributed by atoms with Crippen LogP contribution in [0.15, 0.2) is 30.7 Å². The molecule has 1 aliphatic heterocycles. The maximum absolute atomic E-state index is 9.90. The van der Waals surface area contributed by atoms with E-state index in [-0.39, 0.29) is 12.6 Å². The summed E-state index contributed by atoms with van der Waals surface area (Å²) in [6.07, 6.45) is 13.1. The van der Waals surface area contributed by atoms with E-state index in [1.165, 1.54) is 38.5 Å². The smallest absolute Gasteiger partial charge is 0.121 e. The van der Waals surface area contributed by atoms with E-state index >= 15 is 0 Å². The van der Waals surface area contributed by atoms with Crippen molar-refractivity contribution in [2.24, 2.45) is 0 Å². The summed E-state index contributed by atoms with van der Waals surface area (Å²) in [4.78, 5) is 4.10. The van der Waals surface area contributed by atoms with Crippen molar-refractivity contribution >= 4 is 0 Å². The predicted octanol–water partition coefficient (Wildman–Crippen LogP) is 3.88. The first kappa shape index (κ1) is 15.1. The van der Waals surface area contributed by atoms with Crippen LogP contribution in [0.3, 0.4) is 0 Å². The van der Waals surface area contributed by atoms with E-state index in [4.69, 9.17) is 5.11 Å². The quantitative estimate of drug-likeness (QED) is 0.885. The molecule has 1 aromatic carbocycles. The number of aromatic hydroxyl groups is 1. The molecule has 4 rings (SSSR count). The molecule has 2 aliphatic rings. The van der Waals surface area contributed by atoms with E-state index in [0.29, 0.717) is 12.2 Å². The van der Waals surface area contributed by atoms with E-state index in [9.17, 15) is 5.11 Å². The predicted molar refractivity (Wildman–Crippen MR) is 86.9 cm³/mol. The summed E-state index contributed by atoms with van der Waals surface area (Å²) in [5.74, 6) is 0.291. The monoisotopic (exact) mass is 300 g/mol. The molecule has 0 saturated heterocycles. The maximum Gasteiger partial charge on any atom is 0.121 e. The summed E-state index contributed by atoms with van der Waals surface area (Å²) in [7, 11) is 0. The summed E-state index contributed by atoms with van der Waals surface area (Å²) in [6, 6.07) is 5.48. The molecule has 2 aromatic rings. The highest BCUT2D eigenvalue weighted by atomic mass is 16.3. The minimum Gasteiger partial charge on any atom is -0.508 e. The lowest BCUT2D eigenvalue weighted by Gasteiger charge is -2.13. The van der Waals surface area contributed by atoms with Crippen LogP contribution in [0.1, 0.15) is 56.6 Å². The molecule has 0 amide bonds. The Morgan fingerprint density at radius 1 is 1.09 bits per heavy atom. The molecule has 1 fully saturated rings. The van der Waals surface area contributed by atoms with Gasteiger partial charge in [0.25, 0.3) is 0 Å². The fraction of sp³-hybridized carbons (Fsp3) is 0.500. The summed E-state index contributed by atoms with van der Waals surface area (Å²) < 4.78 is 2.00. The highest BCUT2D eigenvalue weighted by Gasteiger charge is 2.30. The zero-order chi connectivity index (χ0) is 15.4. The molecule has 1 aromatic heterocycles. The summed E-state index contributed by atoms with van der Waals surface area (Å²) in [5.41, 5.74) is 2.91. The Labute approximate surface area is 131 Å². The molecule has 118 valence electrons. The van der Waals surface area contributed by atoms with Gasteiger partial charge in [0.05, 0.1) is 24.3 Å². The van der Waals surface area contributed by atoms with Gasteiger partial charge in [-0.2, -0.15) is 0 Å². The fourth-order valence-corrected chi connectivity index (χ4v) is 3.49. The standard InChI is InChI=1S/C12H12N2O2.C6H12/c15-5-4-9-12-8(2-1-3-11(12)16)10-6-13-7-14(9)10;1-2-4-6-5-3-1/h1-3,6-7,9,15-16H,4-5H2;1-6H2/t9-;/m0./s1. The number of aliphatic hydroxyl groups excluding tert-OH is 1. The maximum atomic E-state index is 9.90. The first-order chi connectivity index (χ1) is 10.8. The minimum absolute atomic E-state index is 0.00120. The van der Waals surface area contributed by atoms with Gasteiger partial charge >= 0.3 is 0 Å². The highest BCUT2D eigenvalue weighted by Crippen LogP contribution is 2.44. The SMILES string of the molecule is C1CCCCC1.OCC[C@H]1c2c(O)cccc2-c2cncn21. The van der Waals surface area contributed by atoms with Crippen LogP contribution in [-0.2, 0) is 0 Å². The van der Waals surface area contributed by atoms with Crippen LogP contribution in [0.2, 0.25) is 0 Å². The Morgan fingerprint density at radius 3 is 2.41 bits per heavy atom. The Balaban J connectivity index is 0.000000202. The van der Waals surface area contributed by atoms with Gasteiger partial charge in [-0.15, -0.1) is 0 Å². The molecule has 4 heteroatoms. The lowest BCUT2D eigenvalue weighted by molar-refractivity contribution is 0.269. The van der Waals surface area contributed by atoms with Gasteiger partial charge < -0.3 is 14.8 Å². The number of aliphatic hydroxyl groups is 1. The molecule has 2 N–H and O–H groups in total. The van der Waals surface area contributed by atoms with Crippen LogP contribution in [0.5, 0.6) is 5.75 Å². The third-order valence-electron chi connectivity index (χ3n) is 4.60. The first-order valence-electron chi connectivity index (χ1n) is 8.28. The van der Waals surface area contributed by atoms with Gasteiger partial charge in [0, 0.05) is 17.7 Å². The van der Waals surface area contributed by atoms with Crippen LogP contribution in [-0.4, -0.2) is 26.4 Å². The second-order valence-electron chi connectivity index (χ2n) is 6.07. The number of aromatic nitrogens is 2. The van der Waals surface area contributed by atoms with Crippen molar-refractivity contribution < 1.29 is 10.2 Å². The lowest BCUT2D eigenvalue weighted by atomic mass is 10.00. The summed E-state index contributed by atoms with van der Waals surface area (Å²) >= 11 is 0. The largest absolute Gasteiger partial charge is 0.508 e. The van der Waals surface area contributed by atoms with E-state index in [1.54, 1.807) is 18.6 Å².